The quantitative estimate of drug-likeness (QED) is 0.305. The smallest absolute Gasteiger partial charge is 0.0849 e. The van der Waals surface area contributed by atoms with Crippen molar-refractivity contribution in [2.75, 3.05) is 29.2 Å². The van der Waals surface area contributed by atoms with Gasteiger partial charge < -0.3 is 26.2 Å². The number of aryl methyl sites for hydroxylation is 1. The number of fused-ring (bicyclic) bond motifs is 1. The summed E-state index contributed by atoms with van der Waals surface area (Å²) in [4.78, 5) is 0. The number of aliphatic hydroxyl groups excluding tert-OH is 2. The molecule has 1 aliphatic heterocycles. The third kappa shape index (κ3) is 2.93. The highest BCUT2D eigenvalue weighted by molar-refractivity contribution is 6.06. The molecule has 4 aromatic rings. The van der Waals surface area contributed by atoms with Crippen molar-refractivity contribution in [2.24, 2.45) is 0 Å². The van der Waals surface area contributed by atoms with E-state index in [1.807, 2.05) is 6.07 Å². The van der Waals surface area contributed by atoms with E-state index < -0.39 is 12.2 Å². The first-order chi connectivity index (χ1) is 16.1. The third-order valence-corrected chi connectivity index (χ3v) is 7.47. The van der Waals surface area contributed by atoms with Crippen LogP contribution in [0.1, 0.15) is 35.4 Å². The van der Waals surface area contributed by atoms with Crippen LogP contribution in [0.15, 0.2) is 60.7 Å². The third-order valence-electron chi connectivity index (χ3n) is 7.47. The molecule has 5 N–H and O–H groups in total. The molecule has 1 fully saturated rings. The predicted octanol–water partition coefficient (Wildman–Crippen LogP) is 5.13. The number of benzene rings is 4. The largest absolute Gasteiger partial charge is 0.392 e. The van der Waals surface area contributed by atoms with Gasteiger partial charge in [-0.3, -0.25) is 0 Å². The lowest BCUT2D eigenvalue weighted by molar-refractivity contribution is -0.0775. The summed E-state index contributed by atoms with van der Waals surface area (Å²) in [6.07, 6.45) is -1.31. The summed E-state index contributed by atoms with van der Waals surface area (Å²) in [6.45, 7) is 5.74. The van der Waals surface area contributed by atoms with Gasteiger partial charge in [-0.1, -0.05) is 42.5 Å². The summed E-state index contributed by atoms with van der Waals surface area (Å²) < 4.78 is 0. The predicted molar refractivity (Wildman–Crippen MR) is 136 cm³/mol. The topological polar surface area (TPSA) is 76.5 Å². The van der Waals surface area contributed by atoms with Gasteiger partial charge in [0.2, 0.25) is 0 Å². The van der Waals surface area contributed by atoms with E-state index in [4.69, 9.17) is 0 Å². The van der Waals surface area contributed by atoms with Crippen LogP contribution in [0.25, 0.3) is 21.5 Å². The molecule has 5 nitrogen and oxygen atoms in total. The van der Waals surface area contributed by atoms with E-state index in [1.54, 1.807) is 0 Å². The van der Waals surface area contributed by atoms with E-state index in [9.17, 15) is 10.2 Å². The normalized spacial score (nSPS) is 23.6. The molecule has 4 aromatic carbocycles. The molecular weight excluding hydrogens is 410 g/mol. The van der Waals surface area contributed by atoms with Gasteiger partial charge in [0.25, 0.3) is 0 Å². The van der Waals surface area contributed by atoms with Crippen molar-refractivity contribution in [3.8, 4) is 0 Å². The number of hydrogen-bond donors (Lipinski definition) is 5. The molecule has 0 radical (unpaired) electrons. The summed E-state index contributed by atoms with van der Waals surface area (Å²) in [6, 6.07) is 20.7. The molecular formula is C28H29N3O2. The Morgan fingerprint density at radius 3 is 2.09 bits per heavy atom. The highest BCUT2D eigenvalue weighted by Gasteiger charge is 2.51. The lowest BCUT2D eigenvalue weighted by atomic mass is 9.62. The molecule has 1 heterocycles. The van der Waals surface area contributed by atoms with E-state index in [0.717, 1.165) is 50.9 Å². The summed E-state index contributed by atoms with van der Waals surface area (Å²) >= 11 is 0. The van der Waals surface area contributed by atoms with E-state index in [1.165, 1.54) is 10.9 Å². The second-order valence-electron chi connectivity index (χ2n) is 9.22. The van der Waals surface area contributed by atoms with Crippen molar-refractivity contribution in [3.05, 3.63) is 77.4 Å². The number of anilines is 3. The highest BCUT2D eigenvalue weighted by atomic mass is 16.3. The molecule has 6 rings (SSSR count). The number of nitrogens with one attached hydrogen (secondary N) is 3. The monoisotopic (exact) mass is 439 g/mol. The SMILES string of the molecule is CCNc1ccc(C2C(O)C(c3ccc4c5c(cccc35)NCN4)C2O)c2cccc(C)c12. The minimum absolute atomic E-state index is 0.322. The van der Waals surface area contributed by atoms with Crippen LogP contribution in [0.2, 0.25) is 0 Å². The first kappa shape index (κ1) is 20.3. The van der Waals surface area contributed by atoms with Crippen LogP contribution < -0.4 is 16.0 Å². The van der Waals surface area contributed by atoms with Crippen LogP contribution in [-0.4, -0.2) is 35.6 Å². The Kier molecular flexibility index (Phi) is 4.71. The second kappa shape index (κ2) is 7.65. The fraction of sp³-hybridized carbons (Fsp3) is 0.286. The van der Waals surface area contributed by atoms with Crippen molar-refractivity contribution in [2.45, 2.75) is 37.9 Å². The van der Waals surface area contributed by atoms with Crippen molar-refractivity contribution in [1.29, 1.82) is 0 Å². The maximum atomic E-state index is 11.4. The Morgan fingerprint density at radius 2 is 1.39 bits per heavy atom. The van der Waals surface area contributed by atoms with Gasteiger partial charge in [-0.2, -0.15) is 0 Å². The zero-order valence-corrected chi connectivity index (χ0v) is 18.9. The first-order valence-electron chi connectivity index (χ1n) is 11.8. The molecule has 0 amide bonds. The Hall–Kier alpha value is -3.28. The number of aliphatic hydroxyl groups is 2. The first-order valence-corrected chi connectivity index (χ1v) is 11.8. The Labute approximate surface area is 193 Å². The summed E-state index contributed by atoms with van der Waals surface area (Å²) in [5, 5.41) is 37.5. The van der Waals surface area contributed by atoms with Crippen molar-refractivity contribution >= 4 is 38.6 Å². The summed E-state index contributed by atoms with van der Waals surface area (Å²) in [7, 11) is 0. The van der Waals surface area contributed by atoms with Crippen LogP contribution in [-0.2, 0) is 0 Å². The fourth-order valence-corrected chi connectivity index (χ4v) is 5.93. The molecule has 0 spiro atoms. The maximum Gasteiger partial charge on any atom is 0.0849 e. The lowest BCUT2D eigenvalue weighted by Gasteiger charge is -2.48. The highest BCUT2D eigenvalue weighted by Crippen LogP contribution is 2.52. The van der Waals surface area contributed by atoms with Crippen LogP contribution in [0, 0.1) is 6.92 Å². The van der Waals surface area contributed by atoms with Gasteiger partial charge >= 0.3 is 0 Å². The van der Waals surface area contributed by atoms with Crippen LogP contribution in [0.5, 0.6) is 0 Å². The fourth-order valence-electron chi connectivity index (χ4n) is 5.93. The van der Waals surface area contributed by atoms with Crippen LogP contribution in [0.4, 0.5) is 17.1 Å². The lowest BCUT2D eigenvalue weighted by Crippen LogP contribution is -2.51. The van der Waals surface area contributed by atoms with Gasteiger partial charge in [0.05, 0.1) is 18.9 Å². The van der Waals surface area contributed by atoms with Gasteiger partial charge in [0.1, 0.15) is 0 Å². The standard InChI is InChI=1S/C28H29N3O2/c1-3-29-21-12-10-18(16-7-4-6-15(2)23(16)21)25-27(32)26(28(25)33)19-11-13-22-24-17(19)8-5-9-20(24)30-14-31-22/h4-13,25-33H,3,14H2,1-2H3. The molecule has 0 bridgehead atoms. The van der Waals surface area contributed by atoms with Crippen LogP contribution in [0.3, 0.4) is 0 Å². The van der Waals surface area contributed by atoms with Gasteiger partial charge in [-0.15, -0.1) is 0 Å². The second-order valence-corrected chi connectivity index (χ2v) is 9.22. The van der Waals surface area contributed by atoms with Gasteiger partial charge in [-0.05, 0) is 59.5 Å². The molecule has 33 heavy (non-hydrogen) atoms. The molecule has 5 heteroatoms. The zero-order valence-electron chi connectivity index (χ0n) is 18.9. The van der Waals surface area contributed by atoms with E-state index in [0.29, 0.717) is 6.67 Å². The van der Waals surface area contributed by atoms with Crippen molar-refractivity contribution < 1.29 is 10.2 Å². The molecule has 1 aliphatic carbocycles. The van der Waals surface area contributed by atoms with Gasteiger partial charge in [0.15, 0.2) is 0 Å². The molecule has 2 unspecified atom stereocenters. The van der Waals surface area contributed by atoms with Crippen molar-refractivity contribution in [3.63, 3.8) is 0 Å². The van der Waals surface area contributed by atoms with E-state index in [-0.39, 0.29) is 11.8 Å². The molecule has 0 saturated heterocycles. The maximum absolute atomic E-state index is 11.4. The Bertz CT molecular complexity index is 1360. The van der Waals surface area contributed by atoms with Crippen LogP contribution >= 0.6 is 0 Å². The molecule has 2 atom stereocenters. The average Bonchev–Trinajstić information content (AvgIpc) is 2.83. The number of hydrogen-bond acceptors (Lipinski definition) is 5. The number of rotatable bonds is 4. The molecule has 168 valence electrons. The Morgan fingerprint density at radius 1 is 0.788 bits per heavy atom. The minimum Gasteiger partial charge on any atom is -0.392 e. The zero-order chi connectivity index (χ0) is 22.7. The molecule has 2 aliphatic rings. The summed E-state index contributed by atoms with van der Waals surface area (Å²) in [5.74, 6) is -0.647. The molecule has 1 saturated carbocycles. The van der Waals surface area contributed by atoms with Crippen molar-refractivity contribution in [1.82, 2.24) is 0 Å². The summed E-state index contributed by atoms with van der Waals surface area (Å²) in [5.41, 5.74) is 6.47. The van der Waals surface area contributed by atoms with Gasteiger partial charge in [-0.25, -0.2) is 0 Å². The molecule has 0 aromatic heterocycles. The Balaban J connectivity index is 1.43. The van der Waals surface area contributed by atoms with E-state index >= 15 is 0 Å². The van der Waals surface area contributed by atoms with Gasteiger partial charge in [0, 0.05) is 46.2 Å². The van der Waals surface area contributed by atoms with E-state index in [2.05, 4.69) is 84.4 Å². The minimum atomic E-state index is -0.657. The average molecular weight is 440 g/mol.